The molecular formula is C14H14ClNO. The first-order valence-electron chi connectivity index (χ1n) is 5.51. The molecule has 2 aromatic rings. The zero-order valence-corrected chi connectivity index (χ0v) is 10.4. The fraction of sp³-hybridized carbons (Fsp3) is 0.214. The Balaban J connectivity index is 2.27. The lowest BCUT2D eigenvalue weighted by atomic mass is 10.2. The smallest absolute Gasteiger partial charge is 0.146 e. The van der Waals surface area contributed by atoms with Gasteiger partial charge in [0.25, 0.3) is 0 Å². The molecule has 1 aromatic carbocycles. The van der Waals surface area contributed by atoms with Gasteiger partial charge in [-0.25, -0.2) is 4.98 Å². The molecule has 0 aliphatic rings. The number of para-hydroxylation sites is 1. The van der Waals surface area contributed by atoms with Gasteiger partial charge in [-0.1, -0.05) is 30.4 Å². The first-order valence-corrected chi connectivity index (χ1v) is 6.05. The van der Waals surface area contributed by atoms with Gasteiger partial charge >= 0.3 is 0 Å². The maximum absolute atomic E-state index is 5.67. The first-order chi connectivity index (χ1) is 8.31. The lowest BCUT2D eigenvalue weighted by Crippen LogP contribution is -1.95. The fourth-order valence-electron chi connectivity index (χ4n) is 1.60. The molecule has 0 radical (unpaired) electrons. The number of ether oxygens (including phenoxy) is 1. The number of fused-ring (bicyclic) bond motifs is 1. The zero-order valence-electron chi connectivity index (χ0n) is 9.69. The van der Waals surface area contributed by atoms with E-state index < -0.39 is 0 Å². The summed E-state index contributed by atoms with van der Waals surface area (Å²) in [6, 6.07) is 9.99. The molecule has 0 N–H and O–H groups in total. The number of nitrogens with zero attached hydrogens (tertiary/aromatic N) is 1. The molecule has 0 fully saturated rings. The van der Waals surface area contributed by atoms with E-state index in [4.69, 9.17) is 16.3 Å². The van der Waals surface area contributed by atoms with Gasteiger partial charge in [0.05, 0.1) is 0 Å². The Morgan fingerprint density at radius 3 is 2.94 bits per heavy atom. The summed E-state index contributed by atoms with van der Waals surface area (Å²) in [5.74, 6) is 1.32. The summed E-state index contributed by atoms with van der Waals surface area (Å²) in [6.07, 6.45) is 3.77. The van der Waals surface area contributed by atoms with Crippen molar-refractivity contribution in [1.82, 2.24) is 4.98 Å². The zero-order chi connectivity index (χ0) is 12.1. The van der Waals surface area contributed by atoms with Crippen LogP contribution in [0.25, 0.3) is 10.9 Å². The standard InChI is InChI=1S/C14H14ClNO/c1-11-7-8-12-5-4-6-13(14(12)16-11)17-10-3-2-9-15/h2-8H,9-10H2,1H3. The monoisotopic (exact) mass is 247 g/mol. The molecule has 88 valence electrons. The highest BCUT2D eigenvalue weighted by molar-refractivity contribution is 6.18. The molecular weight excluding hydrogens is 234 g/mol. The molecule has 0 spiro atoms. The number of aryl methyl sites for hydroxylation is 1. The van der Waals surface area contributed by atoms with Crippen LogP contribution >= 0.6 is 11.6 Å². The predicted octanol–water partition coefficient (Wildman–Crippen LogP) is 3.72. The second-order valence-electron chi connectivity index (χ2n) is 3.72. The second kappa shape index (κ2) is 5.69. The third kappa shape index (κ3) is 2.98. The van der Waals surface area contributed by atoms with Crippen LogP contribution in [0.15, 0.2) is 42.5 Å². The van der Waals surface area contributed by atoms with E-state index >= 15 is 0 Å². The number of allylic oxidation sites excluding steroid dienone is 1. The minimum atomic E-state index is 0.510. The van der Waals surface area contributed by atoms with E-state index in [1.165, 1.54) is 0 Å². The van der Waals surface area contributed by atoms with E-state index in [-0.39, 0.29) is 0 Å². The van der Waals surface area contributed by atoms with Crippen LogP contribution in [0.4, 0.5) is 0 Å². The van der Waals surface area contributed by atoms with Crippen molar-refractivity contribution in [3.05, 3.63) is 48.2 Å². The second-order valence-corrected chi connectivity index (χ2v) is 4.03. The van der Waals surface area contributed by atoms with Crippen molar-refractivity contribution in [2.45, 2.75) is 6.92 Å². The number of aromatic nitrogens is 1. The Morgan fingerprint density at radius 1 is 1.24 bits per heavy atom. The van der Waals surface area contributed by atoms with Crippen molar-refractivity contribution < 1.29 is 4.74 Å². The normalized spacial score (nSPS) is 11.2. The van der Waals surface area contributed by atoms with E-state index in [2.05, 4.69) is 11.1 Å². The van der Waals surface area contributed by atoms with Crippen molar-refractivity contribution >= 4 is 22.5 Å². The maximum Gasteiger partial charge on any atom is 0.146 e. The number of hydrogen-bond acceptors (Lipinski definition) is 2. The van der Waals surface area contributed by atoms with Crippen molar-refractivity contribution in [1.29, 1.82) is 0 Å². The SMILES string of the molecule is Cc1ccc2cccc(OCC=CCCl)c2n1. The van der Waals surface area contributed by atoms with E-state index in [0.29, 0.717) is 12.5 Å². The van der Waals surface area contributed by atoms with Gasteiger partial charge < -0.3 is 4.74 Å². The van der Waals surface area contributed by atoms with Gasteiger partial charge in [-0.2, -0.15) is 0 Å². The molecule has 0 saturated heterocycles. The molecule has 0 saturated carbocycles. The number of halogens is 1. The van der Waals surface area contributed by atoms with Gasteiger partial charge in [-0.15, -0.1) is 11.6 Å². The third-order valence-corrected chi connectivity index (χ3v) is 2.59. The van der Waals surface area contributed by atoms with E-state index in [0.717, 1.165) is 22.3 Å². The van der Waals surface area contributed by atoms with Crippen LogP contribution in [0.3, 0.4) is 0 Å². The summed E-state index contributed by atoms with van der Waals surface area (Å²) in [5, 5.41) is 1.09. The highest BCUT2D eigenvalue weighted by Crippen LogP contribution is 2.23. The molecule has 1 aromatic heterocycles. The molecule has 2 nitrogen and oxygen atoms in total. The van der Waals surface area contributed by atoms with E-state index in [9.17, 15) is 0 Å². The molecule has 2 rings (SSSR count). The van der Waals surface area contributed by atoms with Gasteiger partial charge in [0.2, 0.25) is 0 Å². The molecule has 1 heterocycles. The van der Waals surface area contributed by atoms with Crippen molar-refractivity contribution in [3.8, 4) is 5.75 Å². The molecule has 0 bridgehead atoms. The molecule has 0 atom stereocenters. The van der Waals surface area contributed by atoms with Crippen molar-refractivity contribution in [2.75, 3.05) is 12.5 Å². The largest absolute Gasteiger partial charge is 0.487 e. The predicted molar refractivity (Wildman–Crippen MR) is 71.8 cm³/mol. The Bertz CT molecular complexity index is 537. The molecule has 0 aliphatic heterocycles. The minimum Gasteiger partial charge on any atom is -0.487 e. The van der Waals surface area contributed by atoms with Crippen LogP contribution in [0.5, 0.6) is 5.75 Å². The van der Waals surface area contributed by atoms with Crippen LogP contribution in [-0.2, 0) is 0 Å². The molecule has 0 aliphatic carbocycles. The van der Waals surface area contributed by atoms with E-state index in [1.807, 2.05) is 43.3 Å². The average molecular weight is 248 g/mol. The summed E-state index contributed by atoms with van der Waals surface area (Å²) in [4.78, 5) is 4.50. The third-order valence-electron chi connectivity index (χ3n) is 2.41. The summed E-state index contributed by atoms with van der Waals surface area (Å²) in [7, 11) is 0. The van der Waals surface area contributed by atoms with Crippen LogP contribution in [0.1, 0.15) is 5.69 Å². The van der Waals surface area contributed by atoms with Crippen LogP contribution in [0, 0.1) is 6.92 Å². The summed E-state index contributed by atoms with van der Waals surface area (Å²) in [6.45, 7) is 2.49. The Kier molecular flexibility index (Phi) is 3.99. The lowest BCUT2D eigenvalue weighted by molar-refractivity contribution is 0.366. The van der Waals surface area contributed by atoms with Crippen LogP contribution < -0.4 is 4.74 Å². The van der Waals surface area contributed by atoms with Crippen LogP contribution in [0.2, 0.25) is 0 Å². The van der Waals surface area contributed by atoms with Crippen molar-refractivity contribution in [2.24, 2.45) is 0 Å². The molecule has 17 heavy (non-hydrogen) atoms. The van der Waals surface area contributed by atoms with Gasteiger partial charge in [-0.05, 0) is 19.1 Å². The maximum atomic E-state index is 5.67. The molecule has 3 heteroatoms. The fourth-order valence-corrected chi connectivity index (χ4v) is 1.73. The summed E-state index contributed by atoms with van der Waals surface area (Å²) in [5.41, 5.74) is 1.90. The number of rotatable bonds is 4. The first kappa shape index (κ1) is 11.9. The number of pyridine rings is 1. The Morgan fingerprint density at radius 2 is 2.12 bits per heavy atom. The highest BCUT2D eigenvalue weighted by atomic mass is 35.5. The minimum absolute atomic E-state index is 0.510. The number of alkyl halides is 1. The number of hydrogen-bond donors (Lipinski definition) is 0. The van der Waals surface area contributed by atoms with E-state index in [1.54, 1.807) is 0 Å². The Hall–Kier alpha value is -1.54. The summed E-state index contributed by atoms with van der Waals surface area (Å²) >= 11 is 5.54. The quantitative estimate of drug-likeness (QED) is 0.607. The Labute approximate surface area is 106 Å². The lowest BCUT2D eigenvalue weighted by Gasteiger charge is -2.07. The summed E-state index contributed by atoms with van der Waals surface area (Å²) < 4.78 is 5.67. The van der Waals surface area contributed by atoms with Crippen LogP contribution in [-0.4, -0.2) is 17.5 Å². The van der Waals surface area contributed by atoms with Gasteiger partial charge in [0.1, 0.15) is 17.9 Å². The van der Waals surface area contributed by atoms with Gasteiger partial charge in [0, 0.05) is 17.0 Å². The van der Waals surface area contributed by atoms with Crippen molar-refractivity contribution in [3.63, 3.8) is 0 Å². The highest BCUT2D eigenvalue weighted by Gasteiger charge is 2.02. The number of benzene rings is 1. The topological polar surface area (TPSA) is 22.1 Å². The average Bonchev–Trinajstić information content (AvgIpc) is 2.35. The molecule has 0 unspecified atom stereocenters. The van der Waals surface area contributed by atoms with Gasteiger partial charge in [-0.3, -0.25) is 0 Å². The molecule has 0 amide bonds. The van der Waals surface area contributed by atoms with Gasteiger partial charge in [0.15, 0.2) is 0 Å².